The molecule has 0 fully saturated rings. The predicted molar refractivity (Wildman–Crippen MR) is 65.4 cm³/mol. The second-order valence-electron chi connectivity index (χ2n) is 3.78. The Hall–Kier alpha value is -2.63. The molecule has 0 saturated heterocycles. The number of benzene rings is 1. The number of hydrazone groups is 1. The first-order chi connectivity index (χ1) is 8.52. The fourth-order valence-corrected chi connectivity index (χ4v) is 1.75. The van der Waals surface area contributed by atoms with Gasteiger partial charge in [0.25, 0.3) is 0 Å². The summed E-state index contributed by atoms with van der Waals surface area (Å²) < 4.78 is 0. The number of hydrogen-bond donors (Lipinski definition) is 3. The minimum Gasteiger partial charge on any atom is -0.504 e. The van der Waals surface area contributed by atoms with Crippen molar-refractivity contribution in [3.8, 4) is 0 Å². The summed E-state index contributed by atoms with van der Waals surface area (Å²) in [7, 11) is 0. The number of nitrogens with one attached hydrogen (secondary N) is 1. The topological polar surface area (TPSA) is 105 Å². The van der Waals surface area contributed by atoms with Gasteiger partial charge >= 0.3 is 6.03 Å². The molecule has 1 aliphatic carbocycles. The molecule has 1 aromatic carbocycles. The Morgan fingerprint density at radius 2 is 1.94 bits per heavy atom. The van der Waals surface area contributed by atoms with Crippen molar-refractivity contribution in [1.29, 1.82) is 0 Å². The van der Waals surface area contributed by atoms with E-state index in [0.29, 0.717) is 22.4 Å². The number of hydrogen-bond acceptors (Lipinski definition) is 4. The zero-order valence-corrected chi connectivity index (χ0v) is 9.60. The number of aliphatic hydroxyl groups is 1. The van der Waals surface area contributed by atoms with Crippen LogP contribution < -0.4 is 11.2 Å². The molecule has 0 aromatic heterocycles. The van der Waals surface area contributed by atoms with E-state index in [-0.39, 0.29) is 5.76 Å². The molecule has 18 heavy (non-hydrogen) atoms. The second-order valence-corrected chi connectivity index (χ2v) is 3.78. The number of Topliss-reactive ketones (excluding diaryl/α,β-unsaturated/α-hetero) is 1. The number of primary amides is 1. The lowest BCUT2D eigenvalue weighted by molar-refractivity contribution is 0.0974. The molecule has 2 rings (SSSR count). The summed E-state index contributed by atoms with van der Waals surface area (Å²) in [5, 5.41) is 13.5. The number of rotatable bonds is 1. The number of nitrogens with two attached hydrogens (primary N) is 1. The molecule has 0 saturated carbocycles. The molecule has 0 spiro atoms. The van der Waals surface area contributed by atoms with E-state index in [2.05, 4.69) is 10.5 Å². The monoisotopic (exact) mass is 245 g/mol. The third kappa shape index (κ3) is 1.84. The average Bonchev–Trinajstić information content (AvgIpc) is 2.36. The molecular formula is C12H11N3O3. The summed E-state index contributed by atoms with van der Waals surface area (Å²) in [4.78, 5) is 22.5. The van der Waals surface area contributed by atoms with E-state index in [1.54, 1.807) is 31.2 Å². The van der Waals surface area contributed by atoms with Crippen LogP contribution in [-0.2, 0) is 0 Å². The molecule has 2 amide bonds. The minimum atomic E-state index is -0.816. The molecule has 0 unspecified atom stereocenters. The normalized spacial score (nSPS) is 16.7. The Morgan fingerprint density at radius 1 is 1.33 bits per heavy atom. The summed E-state index contributed by atoms with van der Waals surface area (Å²) >= 11 is 0. The molecule has 0 heterocycles. The van der Waals surface area contributed by atoms with Gasteiger partial charge in [0.1, 0.15) is 0 Å². The van der Waals surface area contributed by atoms with E-state index >= 15 is 0 Å². The number of carbonyl (C=O) groups excluding carboxylic acids is 2. The highest BCUT2D eigenvalue weighted by molar-refractivity contribution is 6.27. The lowest BCUT2D eigenvalue weighted by atomic mass is 9.88. The lowest BCUT2D eigenvalue weighted by Gasteiger charge is -2.18. The van der Waals surface area contributed by atoms with Gasteiger partial charge in [-0.05, 0) is 6.92 Å². The van der Waals surface area contributed by atoms with Crippen LogP contribution >= 0.6 is 0 Å². The van der Waals surface area contributed by atoms with Gasteiger partial charge < -0.3 is 10.8 Å². The predicted octanol–water partition coefficient (Wildman–Crippen LogP) is 1.09. The number of urea groups is 1. The summed E-state index contributed by atoms with van der Waals surface area (Å²) in [5.41, 5.74) is 8.53. The van der Waals surface area contributed by atoms with Gasteiger partial charge in [-0.3, -0.25) is 4.79 Å². The van der Waals surface area contributed by atoms with Gasteiger partial charge in [0.15, 0.2) is 5.76 Å². The Morgan fingerprint density at radius 3 is 2.56 bits per heavy atom. The molecule has 0 bridgehead atoms. The Balaban J connectivity index is 2.60. The lowest BCUT2D eigenvalue weighted by Crippen LogP contribution is -2.28. The standard InChI is InChI=1S/C12H11N3O3/c1-6-9(14-15-12(13)18)7-4-2-3-5-8(7)11(17)10(6)16/h2-5,16H,1H3,(H3,13,15,18). The largest absolute Gasteiger partial charge is 0.504 e. The van der Waals surface area contributed by atoms with Crippen LogP contribution in [-0.4, -0.2) is 22.6 Å². The van der Waals surface area contributed by atoms with Crippen molar-refractivity contribution in [1.82, 2.24) is 5.43 Å². The highest BCUT2D eigenvalue weighted by atomic mass is 16.3. The van der Waals surface area contributed by atoms with Crippen LogP contribution in [0.25, 0.3) is 0 Å². The molecule has 0 atom stereocenters. The fourth-order valence-electron chi connectivity index (χ4n) is 1.75. The van der Waals surface area contributed by atoms with Crippen molar-refractivity contribution in [3.63, 3.8) is 0 Å². The van der Waals surface area contributed by atoms with Gasteiger partial charge in [-0.25, -0.2) is 10.2 Å². The van der Waals surface area contributed by atoms with E-state index in [4.69, 9.17) is 5.73 Å². The molecule has 4 N–H and O–H groups in total. The number of allylic oxidation sites excluding steroid dienone is 2. The van der Waals surface area contributed by atoms with Crippen LogP contribution in [0.2, 0.25) is 0 Å². The summed E-state index contributed by atoms with van der Waals surface area (Å²) in [6.07, 6.45) is 0. The number of aliphatic hydroxyl groups excluding tert-OH is 1. The van der Waals surface area contributed by atoms with E-state index in [0.717, 1.165) is 0 Å². The van der Waals surface area contributed by atoms with E-state index in [1.165, 1.54) is 0 Å². The van der Waals surface area contributed by atoms with Crippen molar-refractivity contribution in [2.75, 3.05) is 0 Å². The van der Waals surface area contributed by atoms with E-state index in [1.807, 2.05) is 0 Å². The van der Waals surface area contributed by atoms with Crippen molar-refractivity contribution in [2.45, 2.75) is 6.92 Å². The zero-order valence-electron chi connectivity index (χ0n) is 9.60. The first-order valence-corrected chi connectivity index (χ1v) is 5.20. The van der Waals surface area contributed by atoms with Crippen LogP contribution in [0.3, 0.4) is 0 Å². The number of nitrogens with zero attached hydrogens (tertiary/aromatic N) is 1. The summed E-state index contributed by atoms with van der Waals surface area (Å²) in [5.74, 6) is -0.833. The van der Waals surface area contributed by atoms with Gasteiger partial charge in [0, 0.05) is 16.7 Å². The minimum absolute atomic E-state index is 0.299. The van der Waals surface area contributed by atoms with Crippen molar-refractivity contribution < 1.29 is 14.7 Å². The molecular weight excluding hydrogens is 234 g/mol. The summed E-state index contributed by atoms with van der Waals surface area (Å²) in [6, 6.07) is 5.88. The molecule has 6 nitrogen and oxygen atoms in total. The Labute approximate surface area is 103 Å². The van der Waals surface area contributed by atoms with Crippen LogP contribution in [0.5, 0.6) is 0 Å². The number of amides is 2. The Kier molecular flexibility index (Phi) is 2.85. The summed E-state index contributed by atoms with van der Waals surface area (Å²) in [6.45, 7) is 1.55. The number of fused-ring (bicyclic) bond motifs is 1. The second kappa shape index (κ2) is 4.33. The van der Waals surface area contributed by atoms with Crippen LogP contribution in [0, 0.1) is 0 Å². The quantitative estimate of drug-likeness (QED) is 0.645. The van der Waals surface area contributed by atoms with Gasteiger partial charge in [0.05, 0.1) is 5.71 Å². The molecule has 0 radical (unpaired) electrons. The molecule has 92 valence electrons. The molecule has 6 heteroatoms. The van der Waals surface area contributed by atoms with Crippen molar-refractivity contribution in [2.24, 2.45) is 10.8 Å². The van der Waals surface area contributed by atoms with Gasteiger partial charge in [-0.15, -0.1) is 0 Å². The van der Waals surface area contributed by atoms with Gasteiger partial charge in [-0.2, -0.15) is 5.10 Å². The van der Waals surface area contributed by atoms with Crippen LogP contribution in [0.1, 0.15) is 22.8 Å². The molecule has 1 aromatic rings. The van der Waals surface area contributed by atoms with Crippen molar-refractivity contribution in [3.05, 3.63) is 46.7 Å². The van der Waals surface area contributed by atoms with E-state index < -0.39 is 11.8 Å². The smallest absolute Gasteiger partial charge is 0.332 e. The molecule has 1 aliphatic rings. The highest BCUT2D eigenvalue weighted by Crippen LogP contribution is 2.24. The fraction of sp³-hybridized carbons (Fsp3) is 0.0833. The number of ketones is 1. The third-order valence-corrected chi connectivity index (χ3v) is 2.63. The average molecular weight is 245 g/mol. The van der Waals surface area contributed by atoms with Crippen LogP contribution in [0.4, 0.5) is 4.79 Å². The van der Waals surface area contributed by atoms with Crippen LogP contribution in [0.15, 0.2) is 40.7 Å². The maximum absolute atomic E-state index is 11.8. The first-order valence-electron chi connectivity index (χ1n) is 5.20. The SMILES string of the molecule is CC1=C(O)C(=O)c2ccccc2C1=NNC(N)=O. The van der Waals surface area contributed by atoms with Gasteiger partial charge in [0.2, 0.25) is 5.78 Å². The number of carbonyl (C=O) groups is 2. The Bertz CT molecular complexity index is 602. The van der Waals surface area contributed by atoms with Gasteiger partial charge in [-0.1, -0.05) is 24.3 Å². The first kappa shape index (κ1) is 11.8. The third-order valence-electron chi connectivity index (χ3n) is 2.63. The maximum atomic E-state index is 11.8. The van der Waals surface area contributed by atoms with E-state index in [9.17, 15) is 14.7 Å². The maximum Gasteiger partial charge on any atom is 0.332 e. The van der Waals surface area contributed by atoms with Crippen molar-refractivity contribution >= 4 is 17.5 Å². The molecule has 0 aliphatic heterocycles. The highest BCUT2D eigenvalue weighted by Gasteiger charge is 2.28. The zero-order chi connectivity index (χ0) is 13.3.